The van der Waals surface area contributed by atoms with Gasteiger partial charge in [0, 0.05) is 13.6 Å². The normalized spacial score (nSPS) is 10.4. The van der Waals surface area contributed by atoms with Gasteiger partial charge in [-0.15, -0.1) is 0 Å². The van der Waals surface area contributed by atoms with E-state index < -0.39 is 0 Å². The topological polar surface area (TPSA) is 58.4 Å². The van der Waals surface area contributed by atoms with E-state index in [1.54, 1.807) is 30.5 Å². The summed E-state index contributed by atoms with van der Waals surface area (Å²) in [6.45, 7) is 1.13. The summed E-state index contributed by atoms with van der Waals surface area (Å²) in [5.74, 6) is 0.745. The Bertz CT molecular complexity index is 768. The lowest BCUT2D eigenvalue weighted by molar-refractivity contribution is 0.0779. The maximum atomic E-state index is 12.4. The fourth-order valence-electron chi connectivity index (χ4n) is 2.35. The van der Waals surface area contributed by atoms with Crippen LogP contribution in [0.25, 0.3) is 0 Å². The van der Waals surface area contributed by atoms with Crippen molar-refractivity contribution in [1.29, 1.82) is 0 Å². The summed E-state index contributed by atoms with van der Waals surface area (Å²) in [5.41, 5.74) is 2.36. The number of aromatic nitrogens is 1. The van der Waals surface area contributed by atoms with Crippen LogP contribution in [0.3, 0.4) is 0 Å². The van der Waals surface area contributed by atoms with Crippen LogP contribution in [0.1, 0.15) is 21.8 Å². The zero-order valence-electron chi connectivity index (χ0n) is 13.5. The number of nitrogens with zero attached hydrogens (tertiary/aromatic N) is 2. The van der Waals surface area contributed by atoms with E-state index in [1.807, 2.05) is 48.5 Å². The van der Waals surface area contributed by atoms with Gasteiger partial charge < -0.3 is 14.6 Å². The van der Waals surface area contributed by atoms with Gasteiger partial charge in [-0.3, -0.25) is 4.79 Å². The molecule has 5 heteroatoms. The number of rotatable bonds is 6. The highest BCUT2D eigenvalue weighted by Gasteiger charge is 2.13. The van der Waals surface area contributed by atoms with E-state index in [0.29, 0.717) is 18.8 Å². The number of benzene rings is 1. The minimum absolute atomic E-state index is 0.101. The Morgan fingerprint density at radius 2 is 1.96 bits per heavy atom. The van der Waals surface area contributed by atoms with Gasteiger partial charge in [0.25, 0.3) is 5.91 Å². The fraction of sp³-hybridized carbons (Fsp3) is 0.158. The second-order valence-corrected chi connectivity index (χ2v) is 5.51. The summed E-state index contributed by atoms with van der Waals surface area (Å²) in [6.07, 6.45) is 3.30. The maximum absolute atomic E-state index is 12.4. The van der Waals surface area contributed by atoms with Gasteiger partial charge in [-0.1, -0.05) is 30.3 Å². The average molecular weight is 321 g/mol. The second kappa shape index (κ2) is 7.46. The fourth-order valence-corrected chi connectivity index (χ4v) is 2.35. The van der Waals surface area contributed by atoms with Gasteiger partial charge in [0.1, 0.15) is 11.5 Å². The van der Waals surface area contributed by atoms with Gasteiger partial charge in [0.05, 0.1) is 24.7 Å². The molecule has 0 aliphatic carbocycles. The van der Waals surface area contributed by atoms with Crippen molar-refractivity contribution in [2.24, 2.45) is 0 Å². The average Bonchev–Trinajstić information content (AvgIpc) is 3.14. The molecule has 0 aliphatic heterocycles. The number of anilines is 1. The van der Waals surface area contributed by atoms with Gasteiger partial charge >= 0.3 is 0 Å². The molecule has 0 saturated heterocycles. The van der Waals surface area contributed by atoms with Crippen LogP contribution < -0.4 is 5.32 Å². The molecule has 0 atom stereocenters. The smallest absolute Gasteiger partial charge is 0.272 e. The van der Waals surface area contributed by atoms with E-state index in [1.165, 1.54) is 0 Å². The van der Waals surface area contributed by atoms with Crippen LogP contribution >= 0.6 is 0 Å². The number of hydrogen-bond donors (Lipinski definition) is 1. The third-order valence-corrected chi connectivity index (χ3v) is 3.64. The third-order valence-electron chi connectivity index (χ3n) is 3.64. The first kappa shape index (κ1) is 15.8. The molecule has 1 amide bonds. The lowest BCUT2D eigenvalue weighted by Crippen LogP contribution is -2.26. The van der Waals surface area contributed by atoms with Crippen LogP contribution in [-0.2, 0) is 13.1 Å². The van der Waals surface area contributed by atoms with Crippen molar-refractivity contribution in [3.05, 3.63) is 84.1 Å². The number of hydrogen-bond acceptors (Lipinski definition) is 4. The van der Waals surface area contributed by atoms with Crippen molar-refractivity contribution < 1.29 is 9.21 Å². The molecule has 0 saturated carbocycles. The van der Waals surface area contributed by atoms with Gasteiger partial charge in [-0.05, 0) is 29.8 Å². The molecule has 3 aromatic rings. The SMILES string of the molecule is CN(Cc1ccccc1)C(=O)c1ccc(NCc2ccco2)cn1. The largest absolute Gasteiger partial charge is 0.467 e. The van der Waals surface area contributed by atoms with E-state index in [4.69, 9.17) is 4.42 Å². The van der Waals surface area contributed by atoms with Crippen molar-refractivity contribution in [2.45, 2.75) is 13.1 Å². The molecule has 122 valence electrons. The predicted molar refractivity (Wildman–Crippen MR) is 92.5 cm³/mol. The quantitative estimate of drug-likeness (QED) is 0.754. The molecule has 0 radical (unpaired) electrons. The molecule has 2 heterocycles. The standard InChI is InChI=1S/C19H19N3O2/c1-22(14-15-6-3-2-4-7-15)19(23)18-10-9-16(12-21-18)20-13-17-8-5-11-24-17/h2-12,20H,13-14H2,1H3. The number of carbonyl (C=O) groups excluding carboxylic acids is 1. The summed E-state index contributed by atoms with van der Waals surface area (Å²) in [6, 6.07) is 17.2. The van der Waals surface area contributed by atoms with Crippen molar-refractivity contribution in [3.8, 4) is 0 Å². The molecule has 1 N–H and O–H groups in total. The number of amides is 1. The Morgan fingerprint density at radius 3 is 2.62 bits per heavy atom. The van der Waals surface area contributed by atoms with E-state index in [9.17, 15) is 4.79 Å². The number of furan rings is 1. The maximum Gasteiger partial charge on any atom is 0.272 e. The van der Waals surface area contributed by atoms with Crippen molar-refractivity contribution in [1.82, 2.24) is 9.88 Å². The monoisotopic (exact) mass is 321 g/mol. The molecule has 1 aromatic carbocycles. The van der Waals surface area contributed by atoms with E-state index in [-0.39, 0.29) is 5.91 Å². The van der Waals surface area contributed by atoms with E-state index >= 15 is 0 Å². The highest BCUT2D eigenvalue weighted by Crippen LogP contribution is 2.11. The zero-order chi connectivity index (χ0) is 16.8. The molecule has 0 fully saturated rings. The van der Waals surface area contributed by atoms with Crippen LogP contribution in [0.15, 0.2) is 71.5 Å². The Labute approximate surface area is 140 Å². The Balaban J connectivity index is 1.58. The summed E-state index contributed by atoms with van der Waals surface area (Å²) in [4.78, 5) is 18.4. The minimum atomic E-state index is -0.101. The first-order valence-electron chi connectivity index (χ1n) is 7.74. The summed E-state index contributed by atoms with van der Waals surface area (Å²) in [5, 5.41) is 3.20. The van der Waals surface area contributed by atoms with Gasteiger partial charge in [-0.2, -0.15) is 0 Å². The molecular weight excluding hydrogens is 302 g/mol. The molecule has 5 nitrogen and oxygen atoms in total. The van der Waals surface area contributed by atoms with E-state index in [2.05, 4.69) is 10.3 Å². The van der Waals surface area contributed by atoms with Crippen LogP contribution in [0, 0.1) is 0 Å². The number of carbonyl (C=O) groups is 1. The van der Waals surface area contributed by atoms with Gasteiger partial charge in [0.2, 0.25) is 0 Å². The Morgan fingerprint density at radius 1 is 1.12 bits per heavy atom. The van der Waals surface area contributed by atoms with Crippen molar-refractivity contribution >= 4 is 11.6 Å². The first-order chi connectivity index (χ1) is 11.7. The van der Waals surface area contributed by atoms with Crippen molar-refractivity contribution in [2.75, 3.05) is 12.4 Å². The van der Waals surface area contributed by atoms with Gasteiger partial charge in [-0.25, -0.2) is 4.98 Å². The third kappa shape index (κ3) is 4.01. The Kier molecular flexibility index (Phi) is 4.91. The number of nitrogens with one attached hydrogen (secondary N) is 1. The van der Waals surface area contributed by atoms with Crippen LogP contribution in [0.5, 0.6) is 0 Å². The molecule has 0 spiro atoms. The lowest BCUT2D eigenvalue weighted by Gasteiger charge is -2.17. The highest BCUT2D eigenvalue weighted by molar-refractivity contribution is 5.92. The summed E-state index contributed by atoms with van der Waals surface area (Å²) in [7, 11) is 1.78. The molecule has 0 unspecified atom stereocenters. The molecule has 3 rings (SSSR count). The summed E-state index contributed by atoms with van der Waals surface area (Å²) < 4.78 is 5.26. The minimum Gasteiger partial charge on any atom is -0.467 e. The molecule has 2 aromatic heterocycles. The summed E-state index contributed by atoms with van der Waals surface area (Å²) >= 11 is 0. The lowest BCUT2D eigenvalue weighted by atomic mass is 10.2. The van der Waals surface area contributed by atoms with Crippen LogP contribution in [0.4, 0.5) is 5.69 Å². The second-order valence-electron chi connectivity index (χ2n) is 5.51. The molecule has 0 bridgehead atoms. The highest BCUT2D eigenvalue weighted by atomic mass is 16.3. The molecule has 0 aliphatic rings. The van der Waals surface area contributed by atoms with Gasteiger partial charge in [0.15, 0.2) is 0 Å². The first-order valence-corrected chi connectivity index (χ1v) is 7.74. The van der Waals surface area contributed by atoms with Crippen LogP contribution in [0.2, 0.25) is 0 Å². The predicted octanol–water partition coefficient (Wildman–Crippen LogP) is 3.56. The zero-order valence-corrected chi connectivity index (χ0v) is 13.5. The van der Waals surface area contributed by atoms with Crippen molar-refractivity contribution in [3.63, 3.8) is 0 Å². The van der Waals surface area contributed by atoms with Crippen LogP contribution in [-0.4, -0.2) is 22.8 Å². The molecular formula is C19H19N3O2. The Hall–Kier alpha value is -3.08. The molecule has 24 heavy (non-hydrogen) atoms. The van der Waals surface area contributed by atoms with E-state index in [0.717, 1.165) is 17.0 Å². The number of pyridine rings is 1.